The smallest absolute Gasteiger partial charge is 0.292 e. The molecule has 0 aromatic rings. The molecule has 0 radical (unpaired) electrons. The molecule has 2 unspecified atom stereocenters. The van der Waals surface area contributed by atoms with Gasteiger partial charge in [-0.3, -0.25) is 4.79 Å². The van der Waals surface area contributed by atoms with Gasteiger partial charge in [-0.2, -0.15) is 0 Å². The summed E-state index contributed by atoms with van der Waals surface area (Å²) < 4.78 is 24.7. The van der Waals surface area contributed by atoms with E-state index in [1.54, 1.807) is 0 Å². The average molecular weight is 453 g/mol. The quantitative estimate of drug-likeness (QED) is 0.369. The molecular formula is C18H44O5Si4. The molecule has 9 heteroatoms. The molecule has 0 aromatic heterocycles. The van der Waals surface area contributed by atoms with Crippen LogP contribution in [0.3, 0.4) is 0 Å². The van der Waals surface area contributed by atoms with Gasteiger partial charge >= 0.3 is 0 Å². The molecule has 0 amide bonds. The molecular weight excluding hydrogens is 409 g/mol. The second kappa shape index (κ2) is 10.3. The first-order valence-electron chi connectivity index (χ1n) is 9.99. The van der Waals surface area contributed by atoms with E-state index < -0.39 is 33.3 Å². The first-order chi connectivity index (χ1) is 11.8. The molecule has 0 saturated heterocycles. The Hall–Kier alpha value is 0.218. The van der Waals surface area contributed by atoms with Crippen LogP contribution in [0.25, 0.3) is 0 Å². The van der Waals surface area contributed by atoms with E-state index in [-0.39, 0.29) is 18.2 Å². The van der Waals surface area contributed by atoms with Crippen molar-refractivity contribution in [3.63, 3.8) is 0 Å². The van der Waals surface area contributed by atoms with Crippen LogP contribution in [-0.2, 0) is 22.5 Å². The maximum Gasteiger partial charge on any atom is 0.292 e. The van der Waals surface area contributed by atoms with Crippen molar-refractivity contribution in [2.24, 2.45) is 0 Å². The molecule has 0 N–H and O–H groups in total. The maximum atomic E-state index is 12.3. The SMILES string of the molecule is C[Si](C)(C)OCC(O[Si](C)(C)C)C(CCC(=O)O[Si](C)(C)C)O[Si](C)(C)C. The van der Waals surface area contributed by atoms with Crippen molar-refractivity contribution in [3.05, 3.63) is 0 Å². The molecule has 0 aliphatic rings. The lowest BCUT2D eigenvalue weighted by Crippen LogP contribution is -2.48. The van der Waals surface area contributed by atoms with Crippen molar-refractivity contribution >= 4 is 39.2 Å². The van der Waals surface area contributed by atoms with Crippen LogP contribution < -0.4 is 0 Å². The summed E-state index contributed by atoms with van der Waals surface area (Å²) in [7, 11) is -7.13. The van der Waals surface area contributed by atoms with E-state index in [0.717, 1.165) is 0 Å². The topological polar surface area (TPSA) is 54.0 Å². The van der Waals surface area contributed by atoms with Gasteiger partial charge in [-0.25, -0.2) is 0 Å². The van der Waals surface area contributed by atoms with E-state index in [9.17, 15) is 4.79 Å². The highest BCUT2D eigenvalue weighted by molar-refractivity contribution is 6.71. The summed E-state index contributed by atoms with van der Waals surface area (Å²) in [4.78, 5) is 12.3. The lowest BCUT2D eigenvalue weighted by molar-refractivity contribution is -0.136. The number of carbonyl (C=O) groups is 1. The van der Waals surface area contributed by atoms with Crippen molar-refractivity contribution in [3.8, 4) is 0 Å². The van der Waals surface area contributed by atoms with E-state index in [4.69, 9.17) is 17.7 Å². The lowest BCUT2D eigenvalue weighted by atomic mass is 10.1. The molecule has 0 heterocycles. The molecule has 2 atom stereocenters. The number of carbonyl (C=O) groups excluding carboxylic acids is 1. The minimum Gasteiger partial charge on any atom is -0.520 e. The fraction of sp³-hybridized carbons (Fsp3) is 0.944. The van der Waals surface area contributed by atoms with Gasteiger partial charge < -0.3 is 17.7 Å². The zero-order chi connectivity index (χ0) is 21.7. The Morgan fingerprint density at radius 1 is 0.667 bits per heavy atom. The molecule has 0 aliphatic heterocycles. The summed E-state index contributed by atoms with van der Waals surface area (Å²) in [5.74, 6) is -0.129. The first kappa shape index (κ1) is 27.2. The van der Waals surface area contributed by atoms with Crippen LogP contribution in [0.1, 0.15) is 12.8 Å². The van der Waals surface area contributed by atoms with Crippen LogP contribution in [0.5, 0.6) is 0 Å². The number of hydrogen-bond donors (Lipinski definition) is 0. The van der Waals surface area contributed by atoms with E-state index in [0.29, 0.717) is 19.4 Å². The van der Waals surface area contributed by atoms with E-state index in [1.807, 2.05) is 19.6 Å². The Morgan fingerprint density at radius 2 is 1.11 bits per heavy atom. The van der Waals surface area contributed by atoms with E-state index >= 15 is 0 Å². The van der Waals surface area contributed by atoms with Gasteiger partial charge in [0.1, 0.15) is 0 Å². The second-order valence-corrected chi connectivity index (χ2v) is 28.9. The fourth-order valence-electron chi connectivity index (χ4n) is 2.43. The van der Waals surface area contributed by atoms with Crippen molar-refractivity contribution in [2.75, 3.05) is 6.61 Å². The number of hydrogen-bond acceptors (Lipinski definition) is 5. The number of rotatable bonds is 12. The molecule has 0 rings (SSSR count). The van der Waals surface area contributed by atoms with Gasteiger partial charge in [-0.1, -0.05) is 0 Å². The van der Waals surface area contributed by atoms with Gasteiger partial charge in [0.2, 0.25) is 8.32 Å². The summed E-state index contributed by atoms with van der Waals surface area (Å²) in [6.45, 7) is 26.2. The standard InChI is InChI=1S/C18H44O5Si4/c1-24(2,3)20-15-17(22-26(7,8)9)16(21-25(4,5)6)13-14-18(19)23-27(10,11)12/h16-17H,13-15H2,1-12H3. The Bertz CT molecular complexity index is 458. The highest BCUT2D eigenvalue weighted by Gasteiger charge is 2.34. The Morgan fingerprint density at radius 3 is 1.48 bits per heavy atom. The van der Waals surface area contributed by atoms with Gasteiger partial charge in [0, 0.05) is 6.42 Å². The highest BCUT2D eigenvalue weighted by Crippen LogP contribution is 2.22. The first-order valence-corrected chi connectivity index (χ1v) is 23.6. The third-order valence-electron chi connectivity index (χ3n) is 3.16. The van der Waals surface area contributed by atoms with Gasteiger partial charge in [0.05, 0.1) is 18.8 Å². The Labute approximate surface area is 172 Å². The molecule has 27 heavy (non-hydrogen) atoms. The zero-order valence-electron chi connectivity index (χ0n) is 19.8. The highest BCUT2D eigenvalue weighted by atomic mass is 28.4. The largest absolute Gasteiger partial charge is 0.520 e. The minimum absolute atomic E-state index is 0.129. The molecule has 5 nitrogen and oxygen atoms in total. The Balaban J connectivity index is 5.30. The van der Waals surface area contributed by atoms with Gasteiger partial charge in [-0.05, 0) is 85.0 Å². The van der Waals surface area contributed by atoms with Crippen LogP contribution >= 0.6 is 0 Å². The third-order valence-corrected chi connectivity index (χ3v) is 7.05. The maximum absolute atomic E-state index is 12.3. The van der Waals surface area contributed by atoms with Gasteiger partial charge in [-0.15, -0.1) is 0 Å². The van der Waals surface area contributed by atoms with Crippen LogP contribution in [-0.4, -0.2) is 58.1 Å². The fourth-order valence-corrected chi connectivity index (χ4v) is 6.19. The van der Waals surface area contributed by atoms with Crippen molar-refractivity contribution < 1.29 is 22.5 Å². The summed E-state index contributed by atoms with van der Waals surface area (Å²) in [5.41, 5.74) is 0. The van der Waals surface area contributed by atoms with Crippen LogP contribution in [0.2, 0.25) is 78.6 Å². The second-order valence-electron chi connectivity index (χ2n) is 11.1. The monoisotopic (exact) mass is 452 g/mol. The van der Waals surface area contributed by atoms with E-state index in [2.05, 4.69) is 58.9 Å². The molecule has 162 valence electrons. The molecule has 0 bridgehead atoms. The van der Waals surface area contributed by atoms with Gasteiger partial charge in [0.25, 0.3) is 5.97 Å². The van der Waals surface area contributed by atoms with Crippen molar-refractivity contribution in [1.82, 2.24) is 0 Å². The lowest BCUT2D eigenvalue weighted by Gasteiger charge is -2.37. The van der Waals surface area contributed by atoms with Gasteiger partial charge in [0.15, 0.2) is 25.0 Å². The molecule has 0 fully saturated rings. The van der Waals surface area contributed by atoms with Crippen LogP contribution in [0.4, 0.5) is 0 Å². The average Bonchev–Trinajstić information content (AvgIpc) is 2.34. The summed E-state index contributed by atoms with van der Waals surface area (Å²) in [6.07, 6.45) is 0.680. The summed E-state index contributed by atoms with van der Waals surface area (Å²) >= 11 is 0. The Kier molecular flexibility index (Phi) is 10.4. The normalized spacial score (nSPS) is 16.1. The third kappa shape index (κ3) is 16.8. The molecule has 0 aromatic carbocycles. The predicted molar refractivity (Wildman–Crippen MR) is 124 cm³/mol. The van der Waals surface area contributed by atoms with Crippen molar-refractivity contribution in [1.29, 1.82) is 0 Å². The molecule has 0 spiro atoms. The summed E-state index contributed by atoms with van der Waals surface area (Å²) in [6, 6.07) is 0. The zero-order valence-corrected chi connectivity index (χ0v) is 23.8. The molecule has 0 aliphatic carbocycles. The minimum atomic E-state index is -1.87. The van der Waals surface area contributed by atoms with Crippen molar-refractivity contribution in [2.45, 2.75) is 104 Å². The van der Waals surface area contributed by atoms with Crippen LogP contribution in [0.15, 0.2) is 0 Å². The predicted octanol–water partition coefficient (Wildman–Crippen LogP) is 5.44. The van der Waals surface area contributed by atoms with Crippen LogP contribution in [0, 0.1) is 0 Å². The van der Waals surface area contributed by atoms with E-state index in [1.165, 1.54) is 0 Å². The molecule has 0 saturated carbocycles. The summed E-state index contributed by atoms with van der Waals surface area (Å²) in [5, 5.41) is 0.